The van der Waals surface area contributed by atoms with Crippen LogP contribution in [0.1, 0.15) is 20.8 Å². The van der Waals surface area contributed by atoms with Crippen LogP contribution in [0.25, 0.3) is 11.3 Å². The summed E-state index contributed by atoms with van der Waals surface area (Å²) in [6, 6.07) is 15.6. The van der Waals surface area contributed by atoms with Gasteiger partial charge in [-0.1, -0.05) is 52.5 Å². The van der Waals surface area contributed by atoms with E-state index >= 15 is 0 Å². The van der Waals surface area contributed by atoms with Crippen molar-refractivity contribution in [1.82, 2.24) is 14.5 Å². The van der Waals surface area contributed by atoms with E-state index in [0.29, 0.717) is 28.7 Å². The van der Waals surface area contributed by atoms with E-state index in [2.05, 4.69) is 21.7 Å². The summed E-state index contributed by atoms with van der Waals surface area (Å²) in [5.41, 5.74) is 4.01. The highest BCUT2D eigenvalue weighted by Gasteiger charge is 2.26. The number of fused-ring (bicyclic) bond motifs is 1. The van der Waals surface area contributed by atoms with Gasteiger partial charge in [0, 0.05) is 23.7 Å². The minimum absolute atomic E-state index is 0.00977. The van der Waals surface area contributed by atoms with Crippen molar-refractivity contribution >= 4 is 29.0 Å². The Labute approximate surface area is 148 Å². The van der Waals surface area contributed by atoms with E-state index in [1.54, 1.807) is 12.1 Å². The van der Waals surface area contributed by atoms with E-state index in [9.17, 15) is 4.79 Å². The molecular formula is C18H14ClN3OS. The summed E-state index contributed by atoms with van der Waals surface area (Å²) in [4.78, 5) is 15.4. The fourth-order valence-corrected chi connectivity index (χ4v) is 3.72. The Morgan fingerprint density at radius 2 is 1.83 bits per heavy atom. The monoisotopic (exact) mass is 355 g/mol. The summed E-state index contributed by atoms with van der Waals surface area (Å²) >= 11 is 7.08. The molecule has 0 saturated heterocycles. The topological polar surface area (TPSA) is 46.1 Å². The fraction of sp³-hybridized carbons (Fsp3) is 0.167. The number of nitrogens with zero attached hydrogens (tertiary/aromatic N) is 3. The number of aromatic nitrogens is 2. The second-order valence-electron chi connectivity index (χ2n) is 5.70. The molecule has 0 fully saturated rings. The maximum absolute atomic E-state index is 13.0. The van der Waals surface area contributed by atoms with Gasteiger partial charge in [-0.05, 0) is 41.2 Å². The lowest BCUT2D eigenvalue weighted by Crippen LogP contribution is -2.35. The highest BCUT2D eigenvalue weighted by Crippen LogP contribution is 2.28. The van der Waals surface area contributed by atoms with E-state index in [4.69, 9.17) is 11.6 Å². The van der Waals surface area contributed by atoms with Crippen molar-refractivity contribution in [1.29, 1.82) is 0 Å². The molecule has 4 rings (SSSR count). The van der Waals surface area contributed by atoms with Gasteiger partial charge in [-0.15, -0.1) is 5.10 Å². The van der Waals surface area contributed by atoms with Crippen molar-refractivity contribution in [2.75, 3.05) is 6.54 Å². The Morgan fingerprint density at radius 3 is 2.62 bits per heavy atom. The quantitative estimate of drug-likeness (QED) is 0.696. The summed E-state index contributed by atoms with van der Waals surface area (Å²) in [6.07, 6.45) is 0.879. The zero-order valence-electron chi connectivity index (χ0n) is 12.8. The number of rotatable bonds is 2. The van der Waals surface area contributed by atoms with E-state index in [0.717, 1.165) is 23.5 Å². The van der Waals surface area contributed by atoms with E-state index < -0.39 is 0 Å². The van der Waals surface area contributed by atoms with Crippen LogP contribution in [0.5, 0.6) is 0 Å². The minimum atomic E-state index is -0.00977. The second kappa shape index (κ2) is 6.34. The molecule has 1 amide bonds. The summed E-state index contributed by atoms with van der Waals surface area (Å²) < 4.78 is 3.99. The van der Waals surface area contributed by atoms with Crippen LogP contribution in [0, 0.1) is 0 Å². The van der Waals surface area contributed by atoms with Crippen LogP contribution < -0.4 is 0 Å². The molecular weight excluding hydrogens is 342 g/mol. The molecule has 0 aliphatic carbocycles. The molecule has 0 spiro atoms. The molecule has 1 aliphatic rings. The summed E-state index contributed by atoms with van der Waals surface area (Å²) in [6.45, 7) is 1.35. The molecule has 24 heavy (non-hydrogen) atoms. The molecule has 0 N–H and O–H groups in total. The Hall–Kier alpha value is -2.24. The molecule has 6 heteroatoms. The SMILES string of the molecule is O=C(c1snnc1-c1ccc(Cl)cc1)N1CCc2ccccc2C1. The molecule has 0 atom stereocenters. The molecule has 0 bridgehead atoms. The third kappa shape index (κ3) is 2.81. The lowest BCUT2D eigenvalue weighted by molar-refractivity contribution is 0.0740. The lowest BCUT2D eigenvalue weighted by Gasteiger charge is -2.28. The predicted molar refractivity (Wildman–Crippen MR) is 95.2 cm³/mol. The van der Waals surface area contributed by atoms with E-state index in [1.165, 1.54) is 11.1 Å². The van der Waals surface area contributed by atoms with Gasteiger partial charge in [-0.2, -0.15) is 0 Å². The summed E-state index contributed by atoms with van der Waals surface area (Å²) in [5, 5.41) is 4.81. The van der Waals surface area contributed by atoms with Crippen LogP contribution in [-0.4, -0.2) is 26.9 Å². The molecule has 3 aromatic rings. The van der Waals surface area contributed by atoms with Gasteiger partial charge in [0.2, 0.25) is 0 Å². The van der Waals surface area contributed by atoms with Crippen LogP contribution in [0.4, 0.5) is 0 Å². The summed E-state index contributed by atoms with van der Waals surface area (Å²) in [7, 11) is 0. The fourth-order valence-electron chi connectivity index (χ4n) is 2.94. The number of carbonyl (C=O) groups excluding carboxylic acids is 1. The van der Waals surface area contributed by atoms with Gasteiger partial charge >= 0.3 is 0 Å². The third-order valence-electron chi connectivity index (χ3n) is 4.22. The lowest BCUT2D eigenvalue weighted by atomic mass is 9.99. The van der Waals surface area contributed by atoms with Crippen LogP contribution in [-0.2, 0) is 13.0 Å². The van der Waals surface area contributed by atoms with Gasteiger partial charge in [-0.25, -0.2) is 0 Å². The van der Waals surface area contributed by atoms with Gasteiger partial charge in [0.1, 0.15) is 10.6 Å². The maximum Gasteiger partial charge on any atom is 0.268 e. The smallest absolute Gasteiger partial charge is 0.268 e. The molecule has 0 radical (unpaired) electrons. The first-order valence-electron chi connectivity index (χ1n) is 7.67. The van der Waals surface area contributed by atoms with E-state index in [1.807, 2.05) is 29.2 Å². The number of benzene rings is 2. The first-order valence-corrected chi connectivity index (χ1v) is 8.82. The van der Waals surface area contributed by atoms with Crippen molar-refractivity contribution in [2.45, 2.75) is 13.0 Å². The molecule has 0 saturated carbocycles. The normalized spacial score (nSPS) is 13.6. The standard InChI is InChI=1S/C18H14ClN3OS/c19-15-7-5-13(6-8-15)16-17(24-21-20-16)18(23)22-10-9-12-3-1-2-4-14(12)11-22/h1-8H,9-11H2. The molecule has 1 aliphatic heterocycles. The molecule has 2 aromatic carbocycles. The maximum atomic E-state index is 13.0. The van der Waals surface area contributed by atoms with Gasteiger partial charge in [-0.3, -0.25) is 4.79 Å². The molecule has 120 valence electrons. The number of hydrogen-bond donors (Lipinski definition) is 0. The average molecular weight is 356 g/mol. The molecule has 0 unspecified atom stereocenters. The zero-order chi connectivity index (χ0) is 16.5. The third-order valence-corrected chi connectivity index (χ3v) is 5.18. The number of halogens is 1. The van der Waals surface area contributed by atoms with Gasteiger partial charge in [0.05, 0.1) is 0 Å². The second-order valence-corrected chi connectivity index (χ2v) is 6.89. The molecule has 2 heterocycles. The Balaban J connectivity index is 1.62. The molecule has 1 aromatic heterocycles. The highest BCUT2D eigenvalue weighted by atomic mass is 35.5. The van der Waals surface area contributed by atoms with Crippen LogP contribution in [0.3, 0.4) is 0 Å². The highest BCUT2D eigenvalue weighted by molar-refractivity contribution is 7.08. The van der Waals surface area contributed by atoms with Crippen LogP contribution in [0.15, 0.2) is 48.5 Å². The number of amides is 1. The van der Waals surface area contributed by atoms with Gasteiger partial charge in [0.15, 0.2) is 0 Å². The van der Waals surface area contributed by atoms with Crippen molar-refractivity contribution in [3.05, 3.63) is 69.6 Å². The van der Waals surface area contributed by atoms with Crippen molar-refractivity contribution in [3.8, 4) is 11.3 Å². The van der Waals surface area contributed by atoms with Crippen molar-refractivity contribution < 1.29 is 4.79 Å². The first-order chi connectivity index (χ1) is 11.7. The van der Waals surface area contributed by atoms with Gasteiger partial charge in [0.25, 0.3) is 5.91 Å². The first kappa shape index (κ1) is 15.3. The summed E-state index contributed by atoms with van der Waals surface area (Å²) in [5.74, 6) is -0.00977. The van der Waals surface area contributed by atoms with Crippen molar-refractivity contribution in [3.63, 3.8) is 0 Å². The number of carbonyl (C=O) groups is 1. The van der Waals surface area contributed by atoms with Gasteiger partial charge < -0.3 is 4.90 Å². The van der Waals surface area contributed by atoms with E-state index in [-0.39, 0.29) is 5.91 Å². The Bertz CT molecular complexity index is 891. The molecule has 4 nitrogen and oxygen atoms in total. The minimum Gasteiger partial charge on any atom is -0.333 e. The van der Waals surface area contributed by atoms with Crippen LogP contribution in [0.2, 0.25) is 5.02 Å². The largest absolute Gasteiger partial charge is 0.333 e. The Morgan fingerprint density at radius 1 is 1.08 bits per heavy atom. The van der Waals surface area contributed by atoms with Crippen LogP contribution >= 0.6 is 23.1 Å². The Kier molecular flexibility index (Phi) is 4.04. The number of hydrogen-bond acceptors (Lipinski definition) is 4. The van der Waals surface area contributed by atoms with Crippen molar-refractivity contribution in [2.24, 2.45) is 0 Å². The zero-order valence-corrected chi connectivity index (χ0v) is 14.3. The predicted octanol–water partition coefficient (Wildman–Crippen LogP) is 4.06. The average Bonchev–Trinajstić information content (AvgIpc) is 3.11.